The van der Waals surface area contributed by atoms with E-state index in [4.69, 9.17) is 0 Å². The van der Waals surface area contributed by atoms with Crippen molar-refractivity contribution in [3.05, 3.63) is 12.5 Å². The molecular weight excluding hydrogens is 270 g/mol. The number of imidazole rings is 1. The van der Waals surface area contributed by atoms with E-state index in [1.165, 1.54) is 16.8 Å². The van der Waals surface area contributed by atoms with Gasteiger partial charge in [-0.15, -0.1) is 0 Å². The van der Waals surface area contributed by atoms with Gasteiger partial charge in [0.05, 0.1) is 17.9 Å². The van der Waals surface area contributed by atoms with Crippen molar-refractivity contribution in [3.8, 4) is 0 Å². The number of carbonyl (C=O) groups is 1. The van der Waals surface area contributed by atoms with Crippen molar-refractivity contribution in [2.45, 2.75) is 31.2 Å². The maximum Gasteiger partial charge on any atom is 0.311 e. The van der Waals surface area contributed by atoms with E-state index >= 15 is 0 Å². The van der Waals surface area contributed by atoms with Crippen LogP contribution in [0.3, 0.4) is 0 Å². The molecule has 7 nitrogen and oxygen atoms in total. The zero-order valence-corrected chi connectivity index (χ0v) is 11.5. The molecule has 1 aromatic rings. The first-order valence-electron chi connectivity index (χ1n) is 6.14. The first kappa shape index (κ1) is 14.0. The Morgan fingerprint density at radius 2 is 2.37 bits per heavy atom. The topological polar surface area (TPSA) is 103 Å². The lowest BCUT2D eigenvalue weighted by Crippen LogP contribution is -2.37. The lowest BCUT2D eigenvalue weighted by atomic mass is 9.83. The molecule has 2 N–H and O–H groups in total. The van der Waals surface area contributed by atoms with Gasteiger partial charge >= 0.3 is 5.97 Å². The van der Waals surface area contributed by atoms with Crippen molar-refractivity contribution in [2.24, 2.45) is 5.41 Å². The second kappa shape index (κ2) is 4.93. The Hall–Kier alpha value is -1.41. The van der Waals surface area contributed by atoms with Crippen molar-refractivity contribution in [1.29, 1.82) is 0 Å². The standard InChI is InChI=1S/C11H17N3O4S/c1-2-3-11(10(15)16)4-5-14(7-11)19(17,18)9-6-12-8-13-9/h6,8H,2-5,7H2,1H3,(H,12,13)(H,15,16). The fourth-order valence-electron chi connectivity index (χ4n) is 2.53. The SMILES string of the molecule is CCCC1(C(=O)O)CCN(S(=O)(=O)c2cnc[nH]2)C1. The summed E-state index contributed by atoms with van der Waals surface area (Å²) < 4.78 is 25.8. The number of carboxylic acid groups (broad SMARTS) is 1. The number of nitrogens with one attached hydrogen (secondary N) is 1. The maximum atomic E-state index is 12.3. The van der Waals surface area contributed by atoms with Crippen molar-refractivity contribution in [2.75, 3.05) is 13.1 Å². The molecule has 0 aromatic carbocycles. The summed E-state index contributed by atoms with van der Waals surface area (Å²) in [6.45, 7) is 2.15. The largest absolute Gasteiger partial charge is 0.481 e. The summed E-state index contributed by atoms with van der Waals surface area (Å²) in [4.78, 5) is 17.7. The summed E-state index contributed by atoms with van der Waals surface area (Å²) in [7, 11) is -3.67. The zero-order valence-electron chi connectivity index (χ0n) is 10.7. The number of aromatic amines is 1. The fraction of sp³-hybridized carbons (Fsp3) is 0.636. The summed E-state index contributed by atoms with van der Waals surface area (Å²) in [5.74, 6) is -0.920. The molecular formula is C11H17N3O4S. The van der Waals surface area contributed by atoms with Gasteiger partial charge in [-0.3, -0.25) is 4.79 Å². The molecule has 1 aliphatic heterocycles. The third-order valence-corrected chi connectivity index (χ3v) is 5.36. The van der Waals surface area contributed by atoms with Crippen LogP contribution < -0.4 is 0 Å². The Bertz CT molecular complexity index is 555. The van der Waals surface area contributed by atoms with Crippen LogP contribution in [0.15, 0.2) is 17.6 Å². The number of rotatable bonds is 5. The molecule has 2 rings (SSSR count). The van der Waals surface area contributed by atoms with Crippen molar-refractivity contribution in [3.63, 3.8) is 0 Å². The first-order valence-corrected chi connectivity index (χ1v) is 7.58. The highest BCUT2D eigenvalue weighted by atomic mass is 32.2. The van der Waals surface area contributed by atoms with Crippen LogP contribution in [0.1, 0.15) is 26.2 Å². The molecule has 2 heterocycles. The van der Waals surface area contributed by atoms with E-state index < -0.39 is 21.4 Å². The van der Waals surface area contributed by atoms with Crippen LogP contribution in [0.5, 0.6) is 0 Å². The first-order chi connectivity index (χ1) is 8.92. The van der Waals surface area contributed by atoms with Gasteiger partial charge in [-0.05, 0) is 12.8 Å². The quantitative estimate of drug-likeness (QED) is 0.828. The predicted molar refractivity (Wildman–Crippen MR) is 66.9 cm³/mol. The van der Waals surface area contributed by atoms with Gasteiger partial charge in [0, 0.05) is 13.1 Å². The van der Waals surface area contributed by atoms with Gasteiger partial charge in [0.15, 0.2) is 5.03 Å². The molecule has 106 valence electrons. The Morgan fingerprint density at radius 3 is 2.89 bits per heavy atom. The number of nitrogens with zero attached hydrogens (tertiary/aromatic N) is 2. The Kier molecular flexibility index (Phi) is 3.64. The van der Waals surface area contributed by atoms with Crippen LogP contribution >= 0.6 is 0 Å². The molecule has 1 saturated heterocycles. The van der Waals surface area contributed by atoms with Crippen molar-refractivity contribution >= 4 is 16.0 Å². The number of aromatic nitrogens is 2. The highest BCUT2D eigenvalue weighted by molar-refractivity contribution is 7.89. The summed E-state index contributed by atoms with van der Waals surface area (Å²) >= 11 is 0. The summed E-state index contributed by atoms with van der Waals surface area (Å²) in [6.07, 6.45) is 4.07. The third kappa shape index (κ3) is 2.37. The fourth-order valence-corrected chi connectivity index (χ4v) is 3.95. The van der Waals surface area contributed by atoms with Gasteiger partial charge in [0.2, 0.25) is 0 Å². The molecule has 0 bridgehead atoms. The molecule has 0 aliphatic carbocycles. The highest BCUT2D eigenvalue weighted by Gasteiger charge is 2.47. The van der Waals surface area contributed by atoms with Gasteiger partial charge in [-0.2, -0.15) is 4.31 Å². The Labute approximate surface area is 111 Å². The summed E-state index contributed by atoms with van der Waals surface area (Å²) in [6, 6.07) is 0. The number of H-pyrrole nitrogens is 1. The molecule has 19 heavy (non-hydrogen) atoms. The molecule has 1 atom stereocenters. The van der Waals surface area contributed by atoms with Gasteiger partial charge in [-0.1, -0.05) is 13.3 Å². The monoisotopic (exact) mass is 287 g/mol. The minimum atomic E-state index is -3.67. The van der Waals surface area contributed by atoms with E-state index in [-0.39, 0.29) is 18.1 Å². The summed E-state index contributed by atoms with van der Waals surface area (Å²) in [5, 5.41) is 9.37. The Balaban J connectivity index is 2.25. The van der Waals surface area contributed by atoms with E-state index in [9.17, 15) is 18.3 Å². The molecule has 1 aromatic heterocycles. The van der Waals surface area contributed by atoms with E-state index in [2.05, 4.69) is 9.97 Å². The third-order valence-electron chi connectivity index (χ3n) is 3.59. The minimum Gasteiger partial charge on any atom is -0.481 e. The molecule has 1 fully saturated rings. The highest BCUT2D eigenvalue weighted by Crippen LogP contribution is 2.37. The minimum absolute atomic E-state index is 0.00480. The molecule has 0 radical (unpaired) electrons. The van der Waals surface area contributed by atoms with E-state index in [0.29, 0.717) is 19.3 Å². The average Bonchev–Trinajstić information content (AvgIpc) is 2.99. The number of aliphatic carboxylic acids is 1. The second-order valence-electron chi connectivity index (χ2n) is 4.84. The smallest absolute Gasteiger partial charge is 0.311 e. The molecule has 1 aliphatic rings. The molecule has 1 unspecified atom stereocenters. The molecule has 0 amide bonds. The van der Waals surface area contributed by atoms with Gasteiger partial charge in [0.1, 0.15) is 0 Å². The van der Waals surface area contributed by atoms with Crippen LogP contribution in [0, 0.1) is 5.41 Å². The molecule has 0 spiro atoms. The van der Waals surface area contributed by atoms with Crippen molar-refractivity contribution in [1.82, 2.24) is 14.3 Å². The van der Waals surface area contributed by atoms with Crippen molar-refractivity contribution < 1.29 is 18.3 Å². The summed E-state index contributed by atoms with van der Waals surface area (Å²) in [5.41, 5.74) is -0.957. The lowest BCUT2D eigenvalue weighted by Gasteiger charge is -2.23. The number of hydrogen-bond acceptors (Lipinski definition) is 4. The van der Waals surface area contributed by atoms with Gasteiger partial charge in [-0.25, -0.2) is 13.4 Å². The number of carboxylic acids is 1. The normalized spacial score (nSPS) is 24.7. The van der Waals surface area contributed by atoms with E-state index in [1.54, 1.807) is 0 Å². The van der Waals surface area contributed by atoms with Crippen LogP contribution in [0.2, 0.25) is 0 Å². The van der Waals surface area contributed by atoms with Crippen LogP contribution in [0.4, 0.5) is 0 Å². The average molecular weight is 287 g/mol. The predicted octanol–water partition coefficient (Wildman–Crippen LogP) is 0.675. The number of hydrogen-bond donors (Lipinski definition) is 2. The van der Waals surface area contributed by atoms with Gasteiger partial charge in [0.25, 0.3) is 10.0 Å². The molecule has 8 heteroatoms. The van der Waals surface area contributed by atoms with Crippen LogP contribution in [0.25, 0.3) is 0 Å². The van der Waals surface area contributed by atoms with Gasteiger partial charge < -0.3 is 10.1 Å². The maximum absolute atomic E-state index is 12.3. The zero-order chi connectivity index (χ0) is 14.1. The van der Waals surface area contributed by atoms with E-state index in [0.717, 1.165) is 0 Å². The number of sulfonamides is 1. The van der Waals surface area contributed by atoms with Crippen LogP contribution in [-0.4, -0.2) is 46.9 Å². The lowest BCUT2D eigenvalue weighted by molar-refractivity contribution is -0.148. The Morgan fingerprint density at radius 1 is 1.63 bits per heavy atom. The van der Waals surface area contributed by atoms with E-state index in [1.807, 2.05) is 6.92 Å². The van der Waals surface area contributed by atoms with Crippen LogP contribution in [-0.2, 0) is 14.8 Å². The second-order valence-corrected chi connectivity index (χ2v) is 6.75. The molecule has 0 saturated carbocycles.